The Labute approximate surface area is 180 Å². The van der Waals surface area contributed by atoms with Crippen molar-refractivity contribution in [2.45, 2.75) is 38.5 Å². The first-order valence-electron chi connectivity index (χ1n) is 11.1. The lowest BCUT2D eigenvalue weighted by molar-refractivity contribution is -0.135. The number of likely N-dealkylation sites (tertiary alicyclic amines) is 1. The van der Waals surface area contributed by atoms with Crippen LogP contribution >= 0.6 is 0 Å². The summed E-state index contributed by atoms with van der Waals surface area (Å²) in [5, 5.41) is 4.89. The van der Waals surface area contributed by atoms with Crippen LogP contribution in [0.3, 0.4) is 0 Å². The number of fused-ring (bicyclic) bond motifs is 1. The molecule has 2 aromatic heterocycles. The molecule has 162 valence electrons. The van der Waals surface area contributed by atoms with Crippen LogP contribution in [0.25, 0.3) is 22.4 Å². The molecule has 2 aliphatic heterocycles. The molecular weight excluding hydrogens is 397 g/mol. The van der Waals surface area contributed by atoms with Gasteiger partial charge in [-0.15, -0.1) is 0 Å². The van der Waals surface area contributed by atoms with E-state index in [0.29, 0.717) is 23.3 Å². The van der Waals surface area contributed by atoms with Crippen molar-refractivity contribution in [3.05, 3.63) is 36.4 Å². The first kappa shape index (κ1) is 19.9. The quantitative estimate of drug-likeness (QED) is 0.633. The zero-order valence-corrected chi connectivity index (χ0v) is 17.5. The molecule has 3 aromatic rings. The number of hydrogen-bond acceptors (Lipinski definition) is 6. The molecule has 1 atom stereocenters. The van der Waals surface area contributed by atoms with Gasteiger partial charge in [0.2, 0.25) is 5.91 Å². The maximum atomic E-state index is 13.4. The number of piperidine rings is 1. The normalized spacial score (nSPS) is 20.1. The van der Waals surface area contributed by atoms with E-state index in [1.165, 1.54) is 31.3 Å². The molecule has 8 heteroatoms. The number of halogens is 1. The summed E-state index contributed by atoms with van der Waals surface area (Å²) in [7, 11) is 0. The van der Waals surface area contributed by atoms with Crippen LogP contribution in [0.2, 0.25) is 0 Å². The molecule has 2 aliphatic rings. The van der Waals surface area contributed by atoms with Crippen molar-refractivity contribution in [3.63, 3.8) is 0 Å². The van der Waals surface area contributed by atoms with Crippen LogP contribution in [0.5, 0.6) is 0 Å². The van der Waals surface area contributed by atoms with E-state index in [4.69, 9.17) is 4.52 Å². The standard InChI is InChI=1S/C23H26FN5O2/c24-18-9-7-16(8-10-18)20-19-21(25-15-26-22(19)31-27-20)29-13-5-6-17(14-29)23(30)28-11-3-1-2-4-12-28/h7-10,15,17H,1-6,11-14H2/t17-/m1/s1. The minimum atomic E-state index is -0.307. The van der Waals surface area contributed by atoms with E-state index in [1.54, 1.807) is 12.1 Å². The van der Waals surface area contributed by atoms with Crippen molar-refractivity contribution in [1.29, 1.82) is 0 Å². The largest absolute Gasteiger partial charge is 0.355 e. The number of carbonyl (C=O) groups is 1. The third kappa shape index (κ3) is 3.98. The van der Waals surface area contributed by atoms with Gasteiger partial charge in [0.15, 0.2) is 0 Å². The molecule has 31 heavy (non-hydrogen) atoms. The first-order chi connectivity index (χ1) is 15.2. The molecule has 0 spiro atoms. The molecule has 1 aromatic carbocycles. The molecule has 7 nitrogen and oxygen atoms in total. The molecule has 1 amide bonds. The Bertz CT molecular complexity index is 1060. The third-order valence-corrected chi connectivity index (χ3v) is 6.36. The van der Waals surface area contributed by atoms with E-state index in [-0.39, 0.29) is 17.6 Å². The van der Waals surface area contributed by atoms with Gasteiger partial charge in [-0.2, -0.15) is 4.98 Å². The summed E-state index contributed by atoms with van der Waals surface area (Å²) in [5.41, 5.74) is 1.72. The number of nitrogens with zero attached hydrogens (tertiary/aromatic N) is 5. The molecule has 0 bridgehead atoms. The predicted octanol–water partition coefficient (Wildman–Crippen LogP) is 4.04. The van der Waals surface area contributed by atoms with Crippen molar-refractivity contribution in [1.82, 2.24) is 20.0 Å². The summed E-state index contributed by atoms with van der Waals surface area (Å²) in [5.74, 6) is 0.643. The number of anilines is 1. The second-order valence-corrected chi connectivity index (χ2v) is 8.44. The highest BCUT2D eigenvalue weighted by atomic mass is 19.1. The van der Waals surface area contributed by atoms with Crippen molar-refractivity contribution >= 4 is 22.8 Å². The number of carbonyl (C=O) groups excluding carboxylic acids is 1. The van der Waals surface area contributed by atoms with Crippen molar-refractivity contribution in [3.8, 4) is 11.3 Å². The van der Waals surface area contributed by atoms with E-state index >= 15 is 0 Å². The Morgan fingerprint density at radius 2 is 1.77 bits per heavy atom. The minimum Gasteiger partial charge on any atom is -0.355 e. The summed E-state index contributed by atoms with van der Waals surface area (Å²) < 4.78 is 18.8. The Kier molecular flexibility index (Phi) is 5.53. The van der Waals surface area contributed by atoms with Gasteiger partial charge in [-0.25, -0.2) is 9.37 Å². The third-order valence-electron chi connectivity index (χ3n) is 6.36. The Hall–Kier alpha value is -3.03. The van der Waals surface area contributed by atoms with Gasteiger partial charge in [-0.1, -0.05) is 18.0 Å². The van der Waals surface area contributed by atoms with Crippen LogP contribution < -0.4 is 4.90 Å². The van der Waals surface area contributed by atoms with Crippen LogP contribution in [0, 0.1) is 11.7 Å². The van der Waals surface area contributed by atoms with Gasteiger partial charge in [0.1, 0.15) is 29.0 Å². The number of benzene rings is 1. The second-order valence-electron chi connectivity index (χ2n) is 8.44. The van der Waals surface area contributed by atoms with E-state index in [0.717, 1.165) is 56.7 Å². The average molecular weight is 423 g/mol. The lowest BCUT2D eigenvalue weighted by Gasteiger charge is -2.35. The highest BCUT2D eigenvalue weighted by Crippen LogP contribution is 2.35. The van der Waals surface area contributed by atoms with Gasteiger partial charge >= 0.3 is 0 Å². The van der Waals surface area contributed by atoms with E-state index in [2.05, 4.69) is 24.9 Å². The smallest absolute Gasteiger partial charge is 0.263 e. The highest BCUT2D eigenvalue weighted by molar-refractivity contribution is 5.98. The zero-order chi connectivity index (χ0) is 21.2. The Morgan fingerprint density at radius 1 is 1.00 bits per heavy atom. The summed E-state index contributed by atoms with van der Waals surface area (Å²) in [6, 6.07) is 6.14. The summed E-state index contributed by atoms with van der Waals surface area (Å²) in [6.45, 7) is 3.17. The number of aromatic nitrogens is 3. The fourth-order valence-electron chi connectivity index (χ4n) is 4.74. The average Bonchev–Trinajstić information content (AvgIpc) is 3.05. The van der Waals surface area contributed by atoms with Gasteiger partial charge in [0.05, 0.1) is 5.92 Å². The first-order valence-corrected chi connectivity index (χ1v) is 11.1. The van der Waals surface area contributed by atoms with E-state index < -0.39 is 0 Å². The molecule has 0 N–H and O–H groups in total. The minimum absolute atomic E-state index is 0.0361. The van der Waals surface area contributed by atoms with E-state index in [1.807, 2.05) is 0 Å². The number of hydrogen-bond donors (Lipinski definition) is 0. The summed E-state index contributed by atoms with van der Waals surface area (Å²) >= 11 is 0. The number of rotatable bonds is 3. The molecule has 2 fully saturated rings. The van der Waals surface area contributed by atoms with Crippen molar-refractivity contribution < 1.29 is 13.7 Å². The fraction of sp³-hybridized carbons (Fsp3) is 0.478. The van der Waals surface area contributed by atoms with Gasteiger partial charge < -0.3 is 14.3 Å². The van der Waals surface area contributed by atoms with Crippen LogP contribution in [0.15, 0.2) is 35.1 Å². The Balaban J connectivity index is 1.44. The molecule has 0 radical (unpaired) electrons. The second kappa shape index (κ2) is 8.61. The highest BCUT2D eigenvalue weighted by Gasteiger charge is 2.31. The lowest BCUT2D eigenvalue weighted by atomic mass is 9.96. The zero-order valence-electron chi connectivity index (χ0n) is 17.5. The molecule has 2 saturated heterocycles. The topological polar surface area (TPSA) is 75.4 Å². The Morgan fingerprint density at radius 3 is 2.55 bits per heavy atom. The fourth-order valence-corrected chi connectivity index (χ4v) is 4.74. The van der Waals surface area contributed by atoms with Crippen LogP contribution in [-0.4, -0.2) is 52.1 Å². The van der Waals surface area contributed by atoms with Crippen LogP contribution in [0.1, 0.15) is 38.5 Å². The molecule has 0 aliphatic carbocycles. The predicted molar refractivity (Wildman–Crippen MR) is 115 cm³/mol. The SMILES string of the molecule is O=C([C@@H]1CCCN(c2ncnc3onc(-c4ccc(F)cc4)c23)C1)N1CCCCCC1. The summed E-state index contributed by atoms with van der Waals surface area (Å²) in [6.07, 6.45) is 7.89. The number of amides is 1. The van der Waals surface area contributed by atoms with Crippen LogP contribution in [0.4, 0.5) is 10.2 Å². The van der Waals surface area contributed by atoms with Crippen molar-refractivity contribution in [2.24, 2.45) is 5.92 Å². The summed E-state index contributed by atoms with van der Waals surface area (Å²) in [4.78, 5) is 26.2. The molecular formula is C23H26FN5O2. The van der Waals surface area contributed by atoms with Gasteiger partial charge in [-0.3, -0.25) is 4.79 Å². The molecule has 4 heterocycles. The maximum absolute atomic E-state index is 13.4. The molecule has 0 unspecified atom stereocenters. The van der Waals surface area contributed by atoms with Gasteiger partial charge in [-0.05, 0) is 49.9 Å². The lowest BCUT2D eigenvalue weighted by Crippen LogP contribution is -2.45. The maximum Gasteiger partial charge on any atom is 0.263 e. The van der Waals surface area contributed by atoms with Crippen LogP contribution in [-0.2, 0) is 4.79 Å². The monoisotopic (exact) mass is 423 g/mol. The van der Waals surface area contributed by atoms with Crippen molar-refractivity contribution in [2.75, 3.05) is 31.1 Å². The molecule has 0 saturated carbocycles. The van der Waals surface area contributed by atoms with E-state index in [9.17, 15) is 9.18 Å². The van der Waals surface area contributed by atoms with Gasteiger partial charge in [0.25, 0.3) is 5.71 Å². The molecule has 5 rings (SSSR count). The van der Waals surface area contributed by atoms with Gasteiger partial charge in [0, 0.05) is 31.7 Å².